The van der Waals surface area contributed by atoms with Gasteiger partial charge < -0.3 is 4.90 Å². The summed E-state index contributed by atoms with van der Waals surface area (Å²) in [5.74, 6) is 1.50. The highest BCUT2D eigenvalue weighted by Crippen LogP contribution is 2.27. The molecule has 92 valence electrons. The van der Waals surface area contributed by atoms with E-state index in [1.165, 1.54) is 25.7 Å². The number of piperazine rings is 1. The van der Waals surface area contributed by atoms with Crippen molar-refractivity contribution in [2.45, 2.75) is 45.6 Å². The van der Waals surface area contributed by atoms with E-state index >= 15 is 0 Å². The lowest BCUT2D eigenvalue weighted by molar-refractivity contribution is 0.126. The maximum Gasteiger partial charge on any atom is 0.0990 e. The van der Waals surface area contributed by atoms with Crippen molar-refractivity contribution in [3.05, 3.63) is 0 Å². The van der Waals surface area contributed by atoms with Gasteiger partial charge in [0.2, 0.25) is 0 Å². The van der Waals surface area contributed by atoms with Gasteiger partial charge in [-0.05, 0) is 26.3 Å². The van der Waals surface area contributed by atoms with Gasteiger partial charge in [0, 0.05) is 31.6 Å². The minimum atomic E-state index is 0.570. The molecule has 1 saturated carbocycles. The molecule has 1 aliphatic carbocycles. The van der Waals surface area contributed by atoms with Gasteiger partial charge >= 0.3 is 0 Å². The number of hydrogen-bond donors (Lipinski definition) is 1. The second-order valence-corrected chi connectivity index (χ2v) is 5.29. The van der Waals surface area contributed by atoms with Crippen LogP contribution in [0.2, 0.25) is 0 Å². The van der Waals surface area contributed by atoms with Crippen LogP contribution in [0.25, 0.3) is 0 Å². The summed E-state index contributed by atoms with van der Waals surface area (Å²) >= 11 is 0. The fraction of sp³-hybridized carbons (Fsp3) is 0.923. The van der Waals surface area contributed by atoms with Gasteiger partial charge in [-0.3, -0.25) is 10.3 Å². The molecule has 0 aromatic carbocycles. The first-order chi connectivity index (χ1) is 7.72. The van der Waals surface area contributed by atoms with Crippen LogP contribution in [0.15, 0.2) is 0 Å². The number of amidine groups is 1. The Morgan fingerprint density at radius 1 is 1.25 bits per heavy atom. The van der Waals surface area contributed by atoms with Crippen LogP contribution >= 0.6 is 0 Å². The van der Waals surface area contributed by atoms with E-state index in [1.54, 1.807) is 0 Å². The second-order valence-electron chi connectivity index (χ2n) is 5.29. The summed E-state index contributed by atoms with van der Waals surface area (Å²) in [6, 6.07) is 0.612. The number of hydrogen-bond acceptors (Lipinski definition) is 2. The Morgan fingerprint density at radius 2 is 1.94 bits per heavy atom. The molecule has 16 heavy (non-hydrogen) atoms. The summed E-state index contributed by atoms with van der Waals surface area (Å²) in [4.78, 5) is 4.84. The molecule has 1 heterocycles. The van der Waals surface area contributed by atoms with Crippen molar-refractivity contribution in [2.24, 2.45) is 5.92 Å². The van der Waals surface area contributed by atoms with E-state index in [9.17, 15) is 0 Å². The van der Waals surface area contributed by atoms with E-state index in [0.717, 1.165) is 32.0 Å². The highest BCUT2D eigenvalue weighted by molar-refractivity contribution is 5.82. The third-order valence-corrected chi connectivity index (χ3v) is 4.25. The Bertz CT molecular complexity index is 246. The quantitative estimate of drug-likeness (QED) is 0.574. The zero-order chi connectivity index (χ0) is 11.5. The van der Waals surface area contributed by atoms with Gasteiger partial charge in [-0.2, -0.15) is 0 Å². The van der Waals surface area contributed by atoms with Gasteiger partial charge in [0.15, 0.2) is 0 Å². The number of nitrogens with one attached hydrogen (secondary N) is 1. The standard InChI is InChI=1S/C13H25N3/c1-3-15-8-9-16(10-11(15)2)13(14)12-6-4-5-7-12/h11-12,14H,3-10H2,1-2H3. The molecule has 3 nitrogen and oxygen atoms in total. The minimum Gasteiger partial charge on any atom is -0.357 e. The first-order valence-corrected chi connectivity index (χ1v) is 6.79. The van der Waals surface area contributed by atoms with E-state index in [-0.39, 0.29) is 0 Å². The molecule has 1 atom stereocenters. The van der Waals surface area contributed by atoms with Crippen LogP contribution in [-0.4, -0.2) is 47.9 Å². The van der Waals surface area contributed by atoms with Gasteiger partial charge in [0.25, 0.3) is 0 Å². The lowest BCUT2D eigenvalue weighted by atomic mass is 10.0. The molecule has 1 unspecified atom stereocenters. The lowest BCUT2D eigenvalue weighted by Gasteiger charge is -2.41. The van der Waals surface area contributed by atoms with E-state index in [4.69, 9.17) is 5.41 Å². The second kappa shape index (κ2) is 5.17. The topological polar surface area (TPSA) is 30.3 Å². The first kappa shape index (κ1) is 11.9. The molecule has 0 radical (unpaired) electrons. The fourth-order valence-corrected chi connectivity index (χ4v) is 3.14. The van der Waals surface area contributed by atoms with Crippen molar-refractivity contribution in [3.63, 3.8) is 0 Å². The molecule has 3 heteroatoms. The zero-order valence-electron chi connectivity index (χ0n) is 10.7. The maximum absolute atomic E-state index is 8.30. The molecule has 1 aliphatic heterocycles. The smallest absolute Gasteiger partial charge is 0.0990 e. The average Bonchev–Trinajstić information content (AvgIpc) is 2.81. The van der Waals surface area contributed by atoms with Gasteiger partial charge in [-0.25, -0.2) is 0 Å². The molecular weight excluding hydrogens is 198 g/mol. The first-order valence-electron chi connectivity index (χ1n) is 6.79. The Hall–Kier alpha value is -0.570. The normalized spacial score (nSPS) is 28.6. The molecular formula is C13H25N3. The highest BCUT2D eigenvalue weighted by atomic mass is 15.3. The SMILES string of the molecule is CCN1CCN(C(=N)C2CCCC2)CC1C. The summed E-state index contributed by atoms with van der Waals surface area (Å²) in [6.45, 7) is 8.92. The summed E-state index contributed by atoms with van der Waals surface area (Å²) in [6.07, 6.45) is 5.16. The molecule has 1 N–H and O–H groups in total. The monoisotopic (exact) mass is 223 g/mol. The van der Waals surface area contributed by atoms with Gasteiger partial charge in [-0.15, -0.1) is 0 Å². The Kier molecular flexibility index (Phi) is 3.85. The molecule has 0 bridgehead atoms. The lowest BCUT2D eigenvalue weighted by Crippen LogP contribution is -2.54. The van der Waals surface area contributed by atoms with Crippen molar-refractivity contribution >= 4 is 5.84 Å². The zero-order valence-corrected chi connectivity index (χ0v) is 10.7. The highest BCUT2D eigenvalue weighted by Gasteiger charge is 2.28. The molecule has 1 saturated heterocycles. The van der Waals surface area contributed by atoms with Crippen LogP contribution in [0.1, 0.15) is 39.5 Å². The molecule has 0 amide bonds. The van der Waals surface area contributed by atoms with Crippen LogP contribution in [-0.2, 0) is 0 Å². The van der Waals surface area contributed by atoms with Gasteiger partial charge in [0.1, 0.15) is 0 Å². The Balaban J connectivity index is 1.88. The summed E-state index contributed by atoms with van der Waals surface area (Å²) in [7, 11) is 0. The molecule has 2 fully saturated rings. The molecule has 2 rings (SSSR count). The van der Waals surface area contributed by atoms with E-state index in [2.05, 4.69) is 23.6 Å². The van der Waals surface area contributed by atoms with Crippen LogP contribution in [0.4, 0.5) is 0 Å². The summed E-state index contributed by atoms with van der Waals surface area (Å²) in [5, 5.41) is 8.30. The third-order valence-electron chi connectivity index (χ3n) is 4.25. The van der Waals surface area contributed by atoms with Crippen LogP contribution in [0.5, 0.6) is 0 Å². The Morgan fingerprint density at radius 3 is 2.50 bits per heavy atom. The maximum atomic E-state index is 8.30. The summed E-state index contributed by atoms with van der Waals surface area (Å²) < 4.78 is 0. The van der Waals surface area contributed by atoms with Gasteiger partial charge in [-0.1, -0.05) is 19.8 Å². The fourth-order valence-electron chi connectivity index (χ4n) is 3.14. The van der Waals surface area contributed by atoms with Crippen molar-refractivity contribution in [3.8, 4) is 0 Å². The van der Waals surface area contributed by atoms with Crippen LogP contribution in [0, 0.1) is 11.3 Å². The van der Waals surface area contributed by atoms with Gasteiger partial charge in [0.05, 0.1) is 5.84 Å². The molecule has 0 aromatic rings. The van der Waals surface area contributed by atoms with Crippen molar-refractivity contribution in [1.82, 2.24) is 9.80 Å². The molecule has 0 aromatic heterocycles. The molecule has 2 aliphatic rings. The van der Waals surface area contributed by atoms with Crippen LogP contribution in [0.3, 0.4) is 0 Å². The van der Waals surface area contributed by atoms with Crippen LogP contribution < -0.4 is 0 Å². The van der Waals surface area contributed by atoms with E-state index < -0.39 is 0 Å². The average molecular weight is 223 g/mol. The predicted molar refractivity (Wildman–Crippen MR) is 68.0 cm³/mol. The number of nitrogens with zero attached hydrogens (tertiary/aromatic N) is 2. The Labute approximate surface area is 99.3 Å². The third kappa shape index (κ3) is 2.40. The molecule has 0 spiro atoms. The number of rotatable bonds is 2. The van der Waals surface area contributed by atoms with Crippen molar-refractivity contribution in [2.75, 3.05) is 26.2 Å². The van der Waals surface area contributed by atoms with Crippen molar-refractivity contribution in [1.29, 1.82) is 5.41 Å². The number of likely N-dealkylation sites (N-methyl/N-ethyl adjacent to an activating group) is 1. The van der Waals surface area contributed by atoms with Crippen molar-refractivity contribution < 1.29 is 0 Å². The predicted octanol–water partition coefficient (Wildman–Crippen LogP) is 2.18. The van der Waals surface area contributed by atoms with E-state index in [1.807, 2.05) is 0 Å². The summed E-state index contributed by atoms with van der Waals surface area (Å²) in [5.41, 5.74) is 0. The minimum absolute atomic E-state index is 0.570. The largest absolute Gasteiger partial charge is 0.357 e. The van der Waals surface area contributed by atoms with E-state index in [0.29, 0.717) is 12.0 Å².